The SMILES string of the molecule is CC(C)CNCc1ccc(N2CCOCC2(C)C)c(F)c1. The van der Waals surface area contributed by atoms with Gasteiger partial charge in [0.2, 0.25) is 0 Å². The van der Waals surface area contributed by atoms with Gasteiger partial charge in [-0.15, -0.1) is 0 Å². The van der Waals surface area contributed by atoms with Crippen LogP contribution in [0.2, 0.25) is 0 Å². The Morgan fingerprint density at radius 3 is 2.76 bits per heavy atom. The van der Waals surface area contributed by atoms with Crippen LogP contribution in [0.15, 0.2) is 18.2 Å². The summed E-state index contributed by atoms with van der Waals surface area (Å²) in [5.74, 6) is 0.456. The van der Waals surface area contributed by atoms with Crippen molar-refractivity contribution < 1.29 is 9.13 Å². The minimum Gasteiger partial charge on any atom is -0.377 e. The first-order valence-corrected chi connectivity index (χ1v) is 7.74. The van der Waals surface area contributed by atoms with Gasteiger partial charge in [0.05, 0.1) is 24.4 Å². The molecule has 1 aromatic rings. The molecule has 0 aliphatic carbocycles. The van der Waals surface area contributed by atoms with Gasteiger partial charge in [0.25, 0.3) is 0 Å². The van der Waals surface area contributed by atoms with Crippen LogP contribution in [-0.4, -0.2) is 31.8 Å². The predicted molar refractivity (Wildman–Crippen MR) is 85.2 cm³/mol. The van der Waals surface area contributed by atoms with Gasteiger partial charge in [-0.25, -0.2) is 4.39 Å². The number of hydrogen-bond donors (Lipinski definition) is 1. The zero-order valence-corrected chi connectivity index (χ0v) is 13.6. The molecule has 1 saturated heterocycles. The van der Waals surface area contributed by atoms with Crippen LogP contribution in [-0.2, 0) is 11.3 Å². The van der Waals surface area contributed by atoms with Crippen LogP contribution in [0.1, 0.15) is 33.3 Å². The average Bonchev–Trinajstić information content (AvgIpc) is 2.39. The lowest BCUT2D eigenvalue weighted by Gasteiger charge is -2.43. The topological polar surface area (TPSA) is 24.5 Å². The molecule has 118 valence electrons. The molecule has 21 heavy (non-hydrogen) atoms. The monoisotopic (exact) mass is 294 g/mol. The number of hydrogen-bond acceptors (Lipinski definition) is 3. The standard InChI is InChI=1S/C17H27FN2O/c1-13(2)10-19-11-14-5-6-16(15(18)9-14)20-7-8-21-12-17(20,3)4/h5-6,9,13,19H,7-8,10-12H2,1-4H3. The number of benzene rings is 1. The maximum absolute atomic E-state index is 14.5. The number of halogens is 1. The highest BCUT2D eigenvalue weighted by molar-refractivity contribution is 5.51. The smallest absolute Gasteiger partial charge is 0.146 e. The van der Waals surface area contributed by atoms with E-state index in [1.807, 2.05) is 12.1 Å². The lowest BCUT2D eigenvalue weighted by atomic mass is 10.0. The van der Waals surface area contributed by atoms with Crippen molar-refractivity contribution >= 4 is 5.69 Å². The molecule has 0 unspecified atom stereocenters. The van der Waals surface area contributed by atoms with E-state index in [0.29, 0.717) is 31.4 Å². The quantitative estimate of drug-likeness (QED) is 0.902. The molecule has 0 saturated carbocycles. The molecule has 2 rings (SSSR count). The minimum absolute atomic E-state index is 0.145. The number of rotatable bonds is 5. The number of nitrogens with one attached hydrogen (secondary N) is 1. The first-order valence-electron chi connectivity index (χ1n) is 7.74. The molecule has 1 fully saturated rings. The summed E-state index contributed by atoms with van der Waals surface area (Å²) in [5.41, 5.74) is 1.50. The molecule has 1 heterocycles. The Morgan fingerprint density at radius 1 is 1.38 bits per heavy atom. The van der Waals surface area contributed by atoms with Gasteiger partial charge in [-0.2, -0.15) is 0 Å². The van der Waals surface area contributed by atoms with Gasteiger partial charge in [-0.3, -0.25) is 0 Å². The Balaban J connectivity index is 2.08. The van der Waals surface area contributed by atoms with Crippen molar-refractivity contribution in [3.63, 3.8) is 0 Å². The summed E-state index contributed by atoms with van der Waals surface area (Å²) in [4.78, 5) is 2.11. The highest BCUT2D eigenvalue weighted by atomic mass is 19.1. The normalized spacial score (nSPS) is 18.3. The molecular formula is C17H27FN2O. The van der Waals surface area contributed by atoms with Crippen LogP contribution < -0.4 is 10.2 Å². The van der Waals surface area contributed by atoms with E-state index < -0.39 is 0 Å². The van der Waals surface area contributed by atoms with Crippen molar-refractivity contribution in [3.05, 3.63) is 29.6 Å². The average molecular weight is 294 g/mol. The van der Waals surface area contributed by atoms with E-state index in [-0.39, 0.29) is 11.4 Å². The van der Waals surface area contributed by atoms with Crippen molar-refractivity contribution in [1.82, 2.24) is 5.32 Å². The molecule has 0 aromatic heterocycles. The second-order valence-electron chi connectivity index (χ2n) is 6.83. The Hall–Kier alpha value is -1.13. The van der Waals surface area contributed by atoms with E-state index in [4.69, 9.17) is 4.74 Å². The molecule has 4 heteroatoms. The molecule has 1 N–H and O–H groups in total. The van der Waals surface area contributed by atoms with Crippen LogP contribution in [0.5, 0.6) is 0 Å². The number of anilines is 1. The second-order valence-corrected chi connectivity index (χ2v) is 6.83. The Kier molecular flexibility index (Phi) is 5.22. The molecule has 1 aliphatic heterocycles. The van der Waals surface area contributed by atoms with Gasteiger partial charge in [-0.05, 0) is 44.0 Å². The van der Waals surface area contributed by atoms with Crippen LogP contribution >= 0.6 is 0 Å². The summed E-state index contributed by atoms with van der Waals surface area (Å²) < 4.78 is 20.0. The molecule has 0 bridgehead atoms. The van der Waals surface area contributed by atoms with Crippen molar-refractivity contribution in [2.24, 2.45) is 5.92 Å². The van der Waals surface area contributed by atoms with Crippen molar-refractivity contribution in [3.8, 4) is 0 Å². The summed E-state index contributed by atoms with van der Waals surface area (Å²) in [7, 11) is 0. The third-order valence-electron chi connectivity index (χ3n) is 3.83. The van der Waals surface area contributed by atoms with E-state index in [0.717, 1.165) is 18.7 Å². The van der Waals surface area contributed by atoms with Gasteiger partial charge in [0.1, 0.15) is 5.82 Å². The zero-order valence-electron chi connectivity index (χ0n) is 13.6. The van der Waals surface area contributed by atoms with Gasteiger partial charge < -0.3 is 15.0 Å². The van der Waals surface area contributed by atoms with Crippen molar-refractivity contribution in [2.45, 2.75) is 39.8 Å². The Bertz CT molecular complexity index is 474. The van der Waals surface area contributed by atoms with Gasteiger partial charge in [-0.1, -0.05) is 19.9 Å². The van der Waals surface area contributed by atoms with E-state index in [1.54, 1.807) is 6.07 Å². The van der Waals surface area contributed by atoms with Gasteiger partial charge >= 0.3 is 0 Å². The molecule has 0 radical (unpaired) electrons. The fourth-order valence-corrected chi connectivity index (χ4v) is 2.69. The summed E-state index contributed by atoms with van der Waals surface area (Å²) in [6.45, 7) is 12.2. The fraction of sp³-hybridized carbons (Fsp3) is 0.647. The van der Waals surface area contributed by atoms with Crippen molar-refractivity contribution in [2.75, 3.05) is 31.2 Å². The third kappa shape index (κ3) is 4.17. The van der Waals surface area contributed by atoms with Crippen LogP contribution in [0.4, 0.5) is 10.1 Å². The van der Waals surface area contributed by atoms with Crippen LogP contribution in [0.25, 0.3) is 0 Å². The van der Waals surface area contributed by atoms with E-state index in [2.05, 4.69) is 37.9 Å². The minimum atomic E-state index is -0.170. The van der Waals surface area contributed by atoms with E-state index >= 15 is 0 Å². The Labute approximate surface area is 127 Å². The molecular weight excluding hydrogens is 267 g/mol. The first kappa shape index (κ1) is 16.2. The van der Waals surface area contributed by atoms with E-state index in [1.165, 1.54) is 0 Å². The summed E-state index contributed by atoms with van der Waals surface area (Å²) >= 11 is 0. The number of morpholine rings is 1. The summed E-state index contributed by atoms with van der Waals surface area (Å²) in [6, 6.07) is 5.56. The first-order chi connectivity index (χ1) is 9.90. The largest absolute Gasteiger partial charge is 0.377 e. The predicted octanol–water partition coefficient (Wildman–Crippen LogP) is 3.19. The molecule has 0 spiro atoms. The second kappa shape index (κ2) is 6.75. The molecule has 3 nitrogen and oxygen atoms in total. The number of ether oxygens (including phenoxy) is 1. The summed E-state index contributed by atoms with van der Waals surface area (Å²) in [5, 5.41) is 3.34. The van der Waals surface area contributed by atoms with Gasteiger partial charge in [0, 0.05) is 13.1 Å². The lowest BCUT2D eigenvalue weighted by molar-refractivity contribution is 0.0640. The highest BCUT2D eigenvalue weighted by Crippen LogP contribution is 2.29. The van der Waals surface area contributed by atoms with Gasteiger partial charge in [0.15, 0.2) is 0 Å². The molecule has 1 aromatic carbocycles. The molecule has 0 amide bonds. The maximum atomic E-state index is 14.5. The number of nitrogens with zero attached hydrogens (tertiary/aromatic N) is 1. The van der Waals surface area contributed by atoms with Crippen LogP contribution in [0, 0.1) is 11.7 Å². The zero-order chi connectivity index (χ0) is 15.5. The van der Waals surface area contributed by atoms with E-state index in [9.17, 15) is 4.39 Å². The third-order valence-corrected chi connectivity index (χ3v) is 3.83. The fourth-order valence-electron chi connectivity index (χ4n) is 2.69. The lowest BCUT2D eigenvalue weighted by Crippen LogP contribution is -2.53. The van der Waals surface area contributed by atoms with Crippen molar-refractivity contribution in [1.29, 1.82) is 0 Å². The molecule has 0 atom stereocenters. The molecule has 1 aliphatic rings. The highest BCUT2D eigenvalue weighted by Gasteiger charge is 2.32. The maximum Gasteiger partial charge on any atom is 0.146 e. The van der Waals surface area contributed by atoms with Crippen LogP contribution in [0.3, 0.4) is 0 Å². The Morgan fingerprint density at radius 2 is 2.14 bits per heavy atom. The summed E-state index contributed by atoms with van der Waals surface area (Å²) in [6.07, 6.45) is 0.